The van der Waals surface area contributed by atoms with E-state index in [-0.39, 0.29) is 23.5 Å². The number of carbonyl (C=O) groups excluding carboxylic acids is 2. The number of nitrogens with two attached hydrogens (primary N) is 2. The van der Waals surface area contributed by atoms with Gasteiger partial charge < -0.3 is 21.2 Å². The summed E-state index contributed by atoms with van der Waals surface area (Å²) in [5.74, 6) is -0.214. The Balaban J connectivity index is 1.99. The molecule has 6 nitrogen and oxygen atoms in total. The molecule has 2 aromatic rings. The second-order valence-corrected chi connectivity index (χ2v) is 6.11. The fourth-order valence-electron chi connectivity index (χ4n) is 2.44. The molecule has 23 heavy (non-hydrogen) atoms. The van der Waals surface area contributed by atoms with Gasteiger partial charge in [-0.15, -0.1) is 0 Å². The van der Waals surface area contributed by atoms with Gasteiger partial charge in [0.05, 0.1) is 6.04 Å². The summed E-state index contributed by atoms with van der Waals surface area (Å²) < 4.78 is 5.53. The highest BCUT2D eigenvalue weighted by Crippen LogP contribution is 2.19. The number of benzene rings is 1. The summed E-state index contributed by atoms with van der Waals surface area (Å²) in [6.07, 6.45) is 0.438. The van der Waals surface area contributed by atoms with Crippen molar-refractivity contribution in [2.45, 2.75) is 26.3 Å². The largest absolute Gasteiger partial charge is 0.451 e. The first-order valence-corrected chi connectivity index (χ1v) is 7.70. The second kappa shape index (κ2) is 7.28. The minimum atomic E-state index is -0.703. The number of rotatable bonds is 7. The Hall–Kier alpha value is -2.34. The van der Waals surface area contributed by atoms with Gasteiger partial charge in [0.15, 0.2) is 5.76 Å². The summed E-state index contributed by atoms with van der Waals surface area (Å²) in [5, 5.41) is 3.73. The Morgan fingerprint density at radius 2 is 1.96 bits per heavy atom. The first-order valence-electron chi connectivity index (χ1n) is 7.70. The minimum absolute atomic E-state index is 0.0610. The van der Waals surface area contributed by atoms with Crippen LogP contribution in [0.15, 0.2) is 34.7 Å². The van der Waals surface area contributed by atoms with Crippen molar-refractivity contribution in [1.82, 2.24) is 5.32 Å². The first-order chi connectivity index (χ1) is 10.9. The quantitative estimate of drug-likeness (QED) is 0.720. The van der Waals surface area contributed by atoms with Crippen molar-refractivity contribution >= 4 is 22.8 Å². The summed E-state index contributed by atoms with van der Waals surface area (Å²) in [4.78, 5) is 23.3. The monoisotopic (exact) mass is 317 g/mol. The zero-order valence-corrected chi connectivity index (χ0v) is 13.4. The molecule has 0 unspecified atom stereocenters. The number of hydrogen-bond donors (Lipinski definition) is 3. The van der Waals surface area contributed by atoms with Gasteiger partial charge in [-0.3, -0.25) is 9.59 Å². The highest BCUT2D eigenvalue weighted by Gasteiger charge is 2.22. The lowest BCUT2D eigenvalue weighted by Crippen LogP contribution is -2.41. The van der Waals surface area contributed by atoms with Crippen LogP contribution in [0, 0.1) is 11.8 Å². The maximum atomic E-state index is 12.2. The van der Waals surface area contributed by atoms with E-state index in [9.17, 15) is 9.59 Å². The third-order valence-corrected chi connectivity index (χ3v) is 4.04. The fraction of sp³-hybridized carbons (Fsp3) is 0.412. The highest BCUT2D eigenvalue weighted by molar-refractivity contribution is 5.96. The average Bonchev–Trinajstić information content (AvgIpc) is 2.94. The molecule has 6 heteroatoms. The van der Waals surface area contributed by atoms with Gasteiger partial charge >= 0.3 is 0 Å². The van der Waals surface area contributed by atoms with Gasteiger partial charge in [0, 0.05) is 11.9 Å². The van der Waals surface area contributed by atoms with Crippen molar-refractivity contribution in [1.29, 1.82) is 0 Å². The predicted octanol–water partition coefficient (Wildman–Crippen LogP) is 1.64. The molecule has 0 spiro atoms. The molecule has 0 fully saturated rings. The minimum Gasteiger partial charge on any atom is -0.451 e. The number of hydrogen-bond acceptors (Lipinski definition) is 4. The lowest BCUT2D eigenvalue weighted by Gasteiger charge is -2.23. The molecule has 0 radical (unpaired) electrons. The Morgan fingerprint density at radius 3 is 2.57 bits per heavy atom. The molecule has 5 N–H and O–H groups in total. The van der Waals surface area contributed by atoms with E-state index in [0.29, 0.717) is 18.5 Å². The molecule has 2 atom stereocenters. The lowest BCUT2D eigenvalue weighted by atomic mass is 9.89. The van der Waals surface area contributed by atoms with Gasteiger partial charge in [-0.05, 0) is 30.4 Å². The number of carbonyl (C=O) groups is 2. The van der Waals surface area contributed by atoms with Crippen molar-refractivity contribution in [3.8, 4) is 0 Å². The molecular formula is C17H23N3O3. The van der Waals surface area contributed by atoms with Crippen LogP contribution in [0.3, 0.4) is 0 Å². The van der Waals surface area contributed by atoms with E-state index >= 15 is 0 Å². The Labute approximate surface area is 135 Å². The Bertz CT molecular complexity index is 660. The average molecular weight is 317 g/mol. The summed E-state index contributed by atoms with van der Waals surface area (Å²) in [7, 11) is 0. The zero-order chi connectivity index (χ0) is 17.0. The van der Waals surface area contributed by atoms with E-state index in [1.54, 1.807) is 6.07 Å². The number of nitrogens with one attached hydrogen (secondary N) is 1. The Morgan fingerprint density at radius 1 is 1.26 bits per heavy atom. The maximum Gasteiger partial charge on any atom is 0.287 e. The van der Waals surface area contributed by atoms with E-state index < -0.39 is 11.9 Å². The van der Waals surface area contributed by atoms with Crippen LogP contribution in [0.4, 0.5) is 0 Å². The topological polar surface area (TPSA) is 111 Å². The van der Waals surface area contributed by atoms with Crippen molar-refractivity contribution in [3.63, 3.8) is 0 Å². The lowest BCUT2D eigenvalue weighted by molar-refractivity contribution is -0.119. The van der Waals surface area contributed by atoms with Crippen LogP contribution in [0.1, 0.15) is 30.8 Å². The van der Waals surface area contributed by atoms with Crippen molar-refractivity contribution in [2.24, 2.45) is 23.3 Å². The molecule has 124 valence electrons. The molecule has 0 aliphatic carbocycles. The smallest absolute Gasteiger partial charge is 0.287 e. The number of amides is 2. The molecule has 1 heterocycles. The third kappa shape index (κ3) is 4.32. The summed E-state index contributed by atoms with van der Waals surface area (Å²) in [6, 6.07) is 8.45. The van der Waals surface area contributed by atoms with E-state index in [1.165, 1.54) is 0 Å². The highest BCUT2D eigenvalue weighted by atomic mass is 16.3. The molecule has 0 saturated carbocycles. The normalized spacial score (nSPS) is 13.9. The van der Waals surface area contributed by atoms with Crippen LogP contribution >= 0.6 is 0 Å². The van der Waals surface area contributed by atoms with Crippen LogP contribution in [0.2, 0.25) is 0 Å². The van der Waals surface area contributed by atoms with Crippen LogP contribution in [-0.4, -0.2) is 24.4 Å². The molecule has 0 aliphatic rings. The first kappa shape index (κ1) is 17.0. The molecule has 1 aromatic heterocycles. The second-order valence-electron chi connectivity index (χ2n) is 6.11. The molecule has 2 rings (SSSR count). The van der Waals surface area contributed by atoms with Crippen molar-refractivity contribution in [2.75, 3.05) is 6.54 Å². The zero-order valence-electron chi connectivity index (χ0n) is 13.4. The van der Waals surface area contributed by atoms with Gasteiger partial charge in [-0.2, -0.15) is 0 Å². The standard InChI is InChI=1S/C17H23N3O3/c1-10(2)12(7-13(18)16(19)21)9-20-17(22)15-8-11-5-3-4-6-14(11)23-15/h3-6,8,10,12-13H,7,9,18H2,1-2H3,(H2,19,21)(H,20,22)/t12-,13+/m1/s1. The van der Waals surface area contributed by atoms with Gasteiger partial charge in [-0.25, -0.2) is 0 Å². The van der Waals surface area contributed by atoms with Gasteiger partial charge in [-0.1, -0.05) is 32.0 Å². The van der Waals surface area contributed by atoms with Gasteiger partial charge in [0.2, 0.25) is 5.91 Å². The van der Waals surface area contributed by atoms with E-state index in [0.717, 1.165) is 5.39 Å². The molecule has 0 saturated heterocycles. The van der Waals surface area contributed by atoms with Crippen LogP contribution in [0.25, 0.3) is 11.0 Å². The molecule has 1 aromatic carbocycles. The van der Waals surface area contributed by atoms with E-state index in [4.69, 9.17) is 15.9 Å². The summed E-state index contributed by atoms with van der Waals surface area (Å²) >= 11 is 0. The van der Waals surface area contributed by atoms with Crippen LogP contribution in [0.5, 0.6) is 0 Å². The van der Waals surface area contributed by atoms with Gasteiger partial charge in [0.25, 0.3) is 5.91 Å². The van der Waals surface area contributed by atoms with Crippen molar-refractivity contribution < 1.29 is 14.0 Å². The fourth-order valence-corrected chi connectivity index (χ4v) is 2.44. The molecule has 2 amide bonds. The van der Waals surface area contributed by atoms with Gasteiger partial charge in [0.1, 0.15) is 5.58 Å². The number of para-hydroxylation sites is 1. The SMILES string of the molecule is CC(C)[C@@H](CNC(=O)c1cc2ccccc2o1)C[C@H](N)C(N)=O. The number of furan rings is 1. The summed E-state index contributed by atoms with van der Waals surface area (Å²) in [6.45, 7) is 4.45. The number of primary amides is 1. The number of fused-ring (bicyclic) bond motifs is 1. The molecular weight excluding hydrogens is 294 g/mol. The summed E-state index contributed by atoms with van der Waals surface area (Å²) in [5.41, 5.74) is 11.6. The predicted molar refractivity (Wildman–Crippen MR) is 88.7 cm³/mol. The van der Waals surface area contributed by atoms with E-state index in [1.807, 2.05) is 38.1 Å². The molecule has 0 aliphatic heterocycles. The van der Waals surface area contributed by atoms with E-state index in [2.05, 4.69) is 5.32 Å². The maximum absolute atomic E-state index is 12.2. The molecule has 0 bridgehead atoms. The Kier molecular flexibility index (Phi) is 5.39. The van der Waals surface area contributed by atoms with Crippen LogP contribution < -0.4 is 16.8 Å². The van der Waals surface area contributed by atoms with Crippen LogP contribution in [-0.2, 0) is 4.79 Å². The third-order valence-electron chi connectivity index (χ3n) is 4.04. The van der Waals surface area contributed by atoms with Crippen molar-refractivity contribution in [3.05, 3.63) is 36.1 Å².